The molecule has 1 aliphatic rings. The Bertz CT molecular complexity index is 651. The summed E-state index contributed by atoms with van der Waals surface area (Å²) in [7, 11) is 1.91. The summed E-state index contributed by atoms with van der Waals surface area (Å²) in [4.78, 5) is 10.5. The van der Waals surface area contributed by atoms with Gasteiger partial charge in [-0.15, -0.1) is 11.3 Å². The van der Waals surface area contributed by atoms with Gasteiger partial charge in [-0.25, -0.2) is 9.97 Å². The van der Waals surface area contributed by atoms with Gasteiger partial charge in [-0.2, -0.15) is 0 Å². The van der Waals surface area contributed by atoms with E-state index in [1.165, 1.54) is 42.7 Å². The fourth-order valence-corrected chi connectivity index (χ4v) is 5.25. The lowest BCUT2D eigenvalue weighted by atomic mass is 10.0. The van der Waals surface area contributed by atoms with Crippen molar-refractivity contribution in [3.63, 3.8) is 0 Å². The predicted octanol–water partition coefficient (Wildman–Crippen LogP) is 5.92. The van der Waals surface area contributed by atoms with E-state index in [4.69, 9.17) is 16.6 Å². The van der Waals surface area contributed by atoms with Crippen molar-refractivity contribution in [2.24, 2.45) is 0 Å². The minimum Gasteiger partial charge on any atom is -0.372 e. The van der Waals surface area contributed by atoms with Crippen LogP contribution in [-0.2, 0) is 0 Å². The number of hydrogen-bond acceptors (Lipinski definition) is 4. The van der Waals surface area contributed by atoms with Gasteiger partial charge in [0.05, 0.1) is 14.1 Å². The highest BCUT2D eigenvalue weighted by atomic mass is 127. The molecule has 0 aromatic carbocycles. The quantitative estimate of drug-likeness (QED) is 0.534. The van der Waals surface area contributed by atoms with Gasteiger partial charge < -0.3 is 5.32 Å². The topological polar surface area (TPSA) is 37.8 Å². The van der Waals surface area contributed by atoms with E-state index in [9.17, 15) is 0 Å². The molecule has 0 spiro atoms. The SMILES string of the molecule is CNc1nc(-c2cc(Br)c(Cl)s2)nc(C2CCCC2)c1I. The van der Waals surface area contributed by atoms with Crippen LogP contribution < -0.4 is 5.32 Å². The van der Waals surface area contributed by atoms with E-state index in [1.54, 1.807) is 0 Å². The molecule has 0 amide bonds. The molecular formula is C14H14BrClIN3S. The maximum absolute atomic E-state index is 6.15. The van der Waals surface area contributed by atoms with Crippen LogP contribution in [0.2, 0.25) is 4.34 Å². The van der Waals surface area contributed by atoms with Crippen molar-refractivity contribution in [1.29, 1.82) is 0 Å². The van der Waals surface area contributed by atoms with Gasteiger partial charge in [-0.1, -0.05) is 24.4 Å². The van der Waals surface area contributed by atoms with Crippen molar-refractivity contribution < 1.29 is 0 Å². The fourth-order valence-electron chi connectivity index (χ4n) is 2.67. The first-order chi connectivity index (χ1) is 10.1. The molecule has 0 atom stereocenters. The summed E-state index contributed by atoms with van der Waals surface area (Å²) in [6, 6.07) is 1.99. The first kappa shape index (κ1) is 16.0. The van der Waals surface area contributed by atoms with Gasteiger partial charge in [-0.05, 0) is 57.4 Å². The predicted molar refractivity (Wildman–Crippen MR) is 102 cm³/mol. The van der Waals surface area contributed by atoms with Crippen LogP contribution in [-0.4, -0.2) is 17.0 Å². The molecule has 2 aromatic rings. The molecule has 2 heterocycles. The second-order valence-electron chi connectivity index (χ2n) is 5.06. The number of halogens is 3. The van der Waals surface area contributed by atoms with E-state index in [0.717, 1.165) is 28.9 Å². The molecule has 1 saturated carbocycles. The van der Waals surface area contributed by atoms with Gasteiger partial charge in [0, 0.05) is 17.4 Å². The largest absolute Gasteiger partial charge is 0.372 e. The minimum absolute atomic E-state index is 0.560. The Balaban J connectivity index is 2.10. The number of aromatic nitrogens is 2. The Morgan fingerprint density at radius 1 is 1.38 bits per heavy atom. The number of nitrogens with zero attached hydrogens (tertiary/aromatic N) is 2. The van der Waals surface area contributed by atoms with Crippen molar-refractivity contribution in [2.75, 3.05) is 12.4 Å². The van der Waals surface area contributed by atoms with Gasteiger partial charge in [0.15, 0.2) is 5.82 Å². The summed E-state index contributed by atoms with van der Waals surface area (Å²) in [6.07, 6.45) is 5.05. The lowest BCUT2D eigenvalue weighted by Crippen LogP contribution is -2.07. The van der Waals surface area contributed by atoms with E-state index in [1.807, 2.05) is 13.1 Å². The maximum Gasteiger partial charge on any atom is 0.172 e. The van der Waals surface area contributed by atoms with Gasteiger partial charge in [-0.3, -0.25) is 0 Å². The average Bonchev–Trinajstić information content (AvgIpc) is 3.10. The van der Waals surface area contributed by atoms with Crippen molar-refractivity contribution >= 4 is 67.3 Å². The second-order valence-corrected chi connectivity index (χ2v) is 8.65. The summed E-state index contributed by atoms with van der Waals surface area (Å²) in [6.45, 7) is 0. The number of rotatable bonds is 3. The smallest absolute Gasteiger partial charge is 0.172 e. The molecule has 1 aliphatic carbocycles. The van der Waals surface area contributed by atoms with Crippen LogP contribution in [0.3, 0.4) is 0 Å². The molecule has 3 rings (SSSR count). The van der Waals surface area contributed by atoms with Crippen LogP contribution >= 0.6 is 61.5 Å². The zero-order valence-corrected chi connectivity index (χ0v) is 16.7. The lowest BCUT2D eigenvalue weighted by molar-refractivity contribution is 0.691. The van der Waals surface area contributed by atoms with E-state index >= 15 is 0 Å². The van der Waals surface area contributed by atoms with Crippen LogP contribution in [0.15, 0.2) is 10.5 Å². The number of thiophene rings is 1. The van der Waals surface area contributed by atoms with Crippen molar-refractivity contribution in [2.45, 2.75) is 31.6 Å². The van der Waals surface area contributed by atoms with Crippen LogP contribution in [0.25, 0.3) is 10.7 Å². The standard InChI is InChI=1S/C14H14BrClIN3S/c1-18-14-10(17)11(7-4-2-3-5-7)19-13(20-14)9-6-8(15)12(16)21-9/h6-7H,2-5H2,1H3,(H,18,19,20). The van der Waals surface area contributed by atoms with Crippen LogP contribution in [0.4, 0.5) is 5.82 Å². The van der Waals surface area contributed by atoms with E-state index in [-0.39, 0.29) is 0 Å². The van der Waals surface area contributed by atoms with Gasteiger partial charge in [0.2, 0.25) is 0 Å². The Morgan fingerprint density at radius 3 is 2.67 bits per heavy atom. The monoisotopic (exact) mass is 497 g/mol. The zero-order chi connectivity index (χ0) is 15.0. The summed E-state index contributed by atoms with van der Waals surface area (Å²) in [5, 5.41) is 3.19. The third-order valence-electron chi connectivity index (χ3n) is 3.72. The molecule has 1 N–H and O–H groups in total. The molecule has 1 fully saturated rings. The second kappa shape index (κ2) is 6.68. The average molecular weight is 499 g/mol. The van der Waals surface area contributed by atoms with Gasteiger partial charge in [0.1, 0.15) is 10.2 Å². The Morgan fingerprint density at radius 2 is 2.10 bits per heavy atom. The molecule has 0 radical (unpaired) electrons. The molecule has 3 nitrogen and oxygen atoms in total. The normalized spacial score (nSPS) is 15.6. The van der Waals surface area contributed by atoms with Crippen LogP contribution in [0.1, 0.15) is 37.3 Å². The zero-order valence-electron chi connectivity index (χ0n) is 11.4. The number of nitrogens with one attached hydrogen (secondary N) is 1. The molecule has 21 heavy (non-hydrogen) atoms. The van der Waals surface area contributed by atoms with Crippen molar-refractivity contribution in [3.8, 4) is 10.7 Å². The molecule has 0 bridgehead atoms. The highest BCUT2D eigenvalue weighted by Gasteiger charge is 2.24. The maximum atomic E-state index is 6.15. The first-order valence-electron chi connectivity index (χ1n) is 6.80. The summed E-state index contributed by atoms with van der Waals surface area (Å²) >= 11 is 13.5. The Hall–Kier alpha value is 0.0800. The Kier molecular flexibility index (Phi) is 5.08. The summed E-state index contributed by atoms with van der Waals surface area (Å²) < 4.78 is 2.78. The molecule has 112 valence electrons. The fraction of sp³-hybridized carbons (Fsp3) is 0.429. The van der Waals surface area contributed by atoms with E-state index < -0.39 is 0 Å². The van der Waals surface area contributed by atoms with Crippen LogP contribution in [0.5, 0.6) is 0 Å². The third-order valence-corrected chi connectivity index (χ3v) is 7.26. The molecular weight excluding hydrogens is 485 g/mol. The lowest BCUT2D eigenvalue weighted by Gasteiger charge is -2.15. The third kappa shape index (κ3) is 3.23. The highest BCUT2D eigenvalue weighted by Crippen LogP contribution is 2.40. The van der Waals surface area contributed by atoms with Crippen molar-refractivity contribution in [3.05, 3.63) is 24.1 Å². The Labute approximate surface area is 155 Å². The van der Waals surface area contributed by atoms with Crippen molar-refractivity contribution in [1.82, 2.24) is 9.97 Å². The summed E-state index contributed by atoms with van der Waals surface area (Å²) in [5.41, 5.74) is 1.18. The van der Waals surface area contributed by atoms with Gasteiger partial charge in [0.25, 0.3) is 0 Å². The molecule has 7 heteroatoms. The first-order valence-corrected chi connectivity index (χ1v) is 9.87. The number of anilines is 1. The highest BCUT2D eigenvalue weighted by molar-refractivity contribution is 14.1. The van der Waals surface area contributed by atoms with E-state index in [0.29, 0.717) is 5.92 Å². The molecule has 2 aromatic heterocycles. The van der Waals surface area contributed by atoms with Crippen LogP contribution in [0, 0.1) is 3.57 Å². The minimum atomic E-state index is 0.560. The summed E-state index contributed by atoms with van der Waals surface area (Å²) in [5.74, 6) is 2.23. The molecule has 0 unspecified atom stereocenters. The number of hydrogen-bond donors (Lipinski definition) is 1. The molecule has 0 saturated heterocycles. The molecule has 0 aliphatic heterocycles. The van der Waals surface area contributed by atoms with Gasteiger partial charge >= 0.3 is 0 Å². The van der Waals surface area contributed by atoms with E-state index in [2.05, 4.69) is 48.8 Å².